The van der Waals surface area contributed by atoms with E-state index < -0.39 is 0 Å². The van der Waals surface area contributed by atoms with E-state index in [9.17, 15) is 4.79 Å². The second-order valence-corrected chi connectivity index (χ2v) is 12.9. The SMILES string of the molecule is CCCCCCCCCCCCCCCCCCCCCC[N+](C)(C)CCCNC(=O)C=Cc1ccc(OC)cc1. The van der Waals surface area contributed by atoms with Gasteiger partial charge in [-0.15, -0.1) is 0 Å². The van der Waals surface area contributed by atoms with Crippen molar-refractivity contribution in [2.24, 2.45) is 0 Å². The van der Waals surface area contributed by atoms with Gasteiger partial charge in [0.1, 0.15) is 5.75 Å². The molecule has 0 unspecified atom stereocenters. The molecule has 0 aromatic heterocycles. The Kier molecular flexibility index (Phi) is 23.5. The zero-order chi connectivity index (χ0) is 29.9. The fourth-order valence-corrected chi connectivity index (χ4v) is 5.57. The van der Waals surface area contributed by atoms with Crippen molar-refractivity contribution < 1.29 is 14.0 Å². The third-order valence-electron chi connectivity index (χ3n) is 8.40. The van der Waals surface area contributed by atoms with Crippen LogP contribution in [0.1, 0.15) is 147 Å². The first kappa shape index (κ1) is 37.2. The molecule has 236 valence electrons. The van der Waals surface area contributed by atoms with Gasteiger partial charge in [0.2, 0.25) is 5.91 Å². The van der Waals surface area contributed by atoms with Gasteiger partial charge in [0.15, 0.2) is 0 Å². The minimum Gasteiger partial charge on any atom is -0.497 e. The monoisotopic (exact) mass is 572 g/mol. The van der Waals surface area contributed by atoms with Crippen LogP contribution in [0.2, 0.25) is 0 Å². The second-order valence-electron chi connectivity index (χ2n) is 12.9. The smallest absolute Gasteiger partial charge is 0.244 e. The van der Waals surface area contributed by atoms with Crippen molar-refractivity contribution >= 4 is 12.0 Å². The van der Waals surface area contributed by atoms with Crippen LogP contribution < -0.4 is 10.1 Å². The zero-order valence-electron chi connectivity index (χ0n) is 27.7. The highest BCUT2D eigenvalue weighted by atomic mass is 16.5. The highest BCUT2D eigenvalue weighted by molar-refractivity contribution is 5.91. The van der Waals surface area contributed by atoms with E-state index >= 15 is 0 Å². The summed E-state index contributed by atoms with van der Waals surface area (Å²) in [6.45, 7) is 5.35. The molecule has 0 radical (unpaired) electrons. The van der Waals surface area contributed by atoms with E-state index in [1.54, 1.807) is 13.2 Å². The minimum absolute atomic E-state index is 0.0276. The molecule has 0 heterocycles. The van der Waals surface area contributed by atoms with E-state index in [-0.39, 0.29) is 5.91 Å². The van der Waals surface area contributed by atoms with Crippen molar-refractivity contribution in [3.05, 3.63) is 35.9 Å². The first-order chi connectivity index (χ1) is 20.0. The topological polar surface area (TPSA) is 38.3 Å². The molecule has 0 spiro atoms. The first-order valence-corrected chi connectivity index (χ1v) is 17.4. The molecule has 0 aliphatic rings. The molecule has 4 nitrogen and oxygen atoms in total. The molecular formula is C37H67N2O2+. The van der Waals surface area contributed by atoms with Crippen LogP contribution in [-0.4, -0.2) is 51.2 Å². The zero-order valence-corrected chi connectivity index (χ0v) is 27.7. The van der Waals surface area contributed by atoms with Crippen molar-refractivity contribution in [1.82, 2.24) is 5.32 Å². The Balaban J connectivity index is 1.86. The molecular weight excluding hydrogens is 504 g/mol. The Hall–Kier alpha value is -1.81. The van der Waals surface area contributed by atoms with E-state index in [0.717, 1.165) is 35.3 Å². The van der Waals surface area contributed by atoms with Crippen LogP contribution in [-0.2, 0) is 4.79 Å². The maximum absolute atomic E-state index is 12.1. The largest absolute Gasteiger partial charge is 0.497 e. The summed E-state index contributed by atoms with van der Waals surface area (Å²) < 4.78 is 6.20. The van der Waals surface area contributed by atoms with Gasteiger partial charge in [0, 0.05) is 19.0 Å². The van der Waals surface area contributed by atoms with Crippen LogP contribution >= 0.6 is 0 Å². The Bertz CT molecular complexity index is 757. The fourth-order valence-electron chi connectivity index (χ4n) is 5.57. The molecule has 0 saturated heterocycles. The maximum Gasteiger partial charge on any atom is 0.244 e. The van der Waals surface area contributed by atoms with Crippen molar-refractivity contribution in [2.45, 2.75) is 142 Å². The summed E-state index contributed by atoms with van der Waals surface area (Å²) in [4.78, 5) is 12.1. The summed E-state index contributed by atoms with van der Waals surface area (Å²) in [5.74, 6) is 0.794. The van der Waals surface area contributed by atoms with Gasteiger partial charge < -0.3 is 14.5 Å². The number of quaternary nitrogens is 1. The van der Waals surface area contributed by atoms with Crippen molar-refractivity contribution in [3.63, 3.8) is 0 Å². The molecule has 1 aromatic rings. The summed E-state index contributed by atoms with van der Waals surface area (Å²) >= 11 is 0. The number of nitrogens with zero attached hydrogens (tertiary/aromatic N) is 1. The number of unbranched alkanes of at least 4 members (excludes halogenated alkanes) is 19. The normalized spacial score (nSPS) is 11.8. The molecule has 0 aliphatic carbocycles. The van der Waals surface area contributed by atoms with Gasteiger partial charge in [-0.25, -0.2) is 0 Å². The Morgan fingerprint density at radius 2 is 1.07 bits per heavy atom. The van der Waals surface area contributed by atoms with E-state index in [2.05, 4.69) is 26.3 Å². The third-order valence-corrected chi connectivity index (χ3v) is 8.40. The van der Waals surface area contributed by atoms with Gasteiger partial charge in [-0.2, -0.15) is 0 Å². The minimum atomic E-state index is -0.0276. The molecule has 41 heavy (non-hydrogen) atoms. The Labute approximate surface area is 255 Å². The summed E-state index contributed by atoms with van der Waals surface area (Å²) in [6, 6.07) is 7.70. The van der Waals surface area contributed by atoms with Crippen molar-refractivity contribution in [1.29, 1.82) is 0 Å². The van der Waals surface area contributed by atoms with Crippen molar-refractivity contribution in [3.8, 4) is 5.75 Å². The summed E-state index contributed by atoms with van der Waals surface area (Å²) in [5.41, 5.74) is 0.994. The summed E-state index contributed by atoms with van der Waals surface area (Å²) in [7, 11) is 6.29. The lowest BCUT2D eigenvalue weighted by atomic mass is 10.0. The number of rotatable bonds is 28. The van der Waals surface area contributed by atoms with Gasteiger partial charge in [0.25, 0.3) is 0 Å². The van der Waals surface area contributed by atoms with Gasteiger partial charge in [-0.05, 0) is 36.6 Å². The number of ether oxygens (including phenoxy) is 1. The third kappa shape index (κ3) is 23.4. The standard InChI is InChI=1S/C37H66N2O2/c1-5-6-7-8-9-10-11-12-13-14-15-16-17-18-19-20-21-22-23-24-33-39(2,3)34-25-32-38-37(40)31-28-35-26-29-36(41-4)30-27-35/h26-31H,5-25,32-34H2,1-4H3/p+1. The first-order valence-electron chi connectivity index (χ1n) is 17.4. The molecule has 1 rings (SSSR count). The molecule has 0 fully saturated rings. The van der Waals surface area contributed by atoms with Crippen LogP contribution in [0.5, 0.6) is 5.75 Å². The van der Waals surface area contributed by atoms with Crippen LogP contribution in [0.3, 0.4) is 0 Å². The number of benzene rings is 1. The Morgan fingerprint density at radius 1 is 0.659 bits per heavy atom. The number of hydrogen-bond donors (Lipinski definition) is 1. The number of carbonyl (C=O) groups is 1. The van der Waals surface area contributed by atoms with E-state index in [1.807, 2.05) is 30.3 Å². The maximum atomic E-state index is 12.1. The average molecular weight is 572 g/mol. The molecule has 1 aromatic carbocycles. The number of nitrogens with one attached hydrogen (secondary N) is 1. The molecule has 1 N–H and O–H groups in total. The molecule has 0 atom stereocenters. The van der Waals surface area contributed by atoms with Gasteiger partial charge in [-0.3, -0.25) is 4.79 Å². The molecule has 0 aliphatic heterocycles. The summed E-state index contributed by atoms with van der Waals surface area (Å²) in [5, 5.41) is 3.02. The van der Waals surface area contributed by atoms with Crippen LogP contribution in [0, 0.1) is 0 Å². The highest BCUT2D eigenvalue weighted by Gasteiger charge is 2.13. The van der Waals surface area contributed by atoms with E-state index in [1.165, 1.54) is 135 Å². The van der Waals surface area contributed by atoms with E-state index in [4.69, 9.17) is 4.74 Å². The number of carbonyl (C=O) groups excluding carboxylic acids is 1. The quantitative estimate of drug-likeness (QED) is 0.0617. The van der Waals surface area contributed by atoms with Gasteiger partial charge in [0.05, 0.1) is 34.3 Å². The summed E-state index contributed by atoms with van der Waals surface area (Å²) in [6.07, 6.45) is 33.0. The average Bonchev–Trinajstić information content (AvgIpc) is 2.97. The lowest BCUT2D eigenvalue weighted by Crippen LogP contribution is -2.42. The van der Waals surface area contributed by atoms with Gasteiger partial charge in [-0.1, -0.05) is 135 Å². The predicted molar refractivity (Wildman–Crippen MR) is 180 cm³/mol. The molecule has 4 heteroatoms. The Morgan fingerprint density at radius 3 is 1.51 bits per heavy atom. The molecule has 0 bridgehead atoms. The number of amides is 1. The lowest BCUT2D eigenvalue weighted by Gasteiger charge is -2.30. The fraction of sp³-hybridized carbons (Fsp3) is 0.757. The van der Waals surface area contributed by atoms with Crippen molar-refractivity contribution in [2.75, 3.05) is 40.8 Å². The second kappa shape index (κ2) is 25.9. The lowest BCUT2D eigenvalue weighted by molar-refractivity contribution is -0.890. The van der Waals surface area contributed by atoms with Crippen LogP contribution in [0.4, 0.5) is 0 Å². The van der Waals surface area contributed by atoms with Crippen LogP contribution in [0.15, 0.2) is 30.3 Å². The predicted octanol–water partition coefficient (Wildman–Crippen LogP) is 10.1. The van der Waals surface area contributed by atoms with E-state index in [0.29, 0.717) is 0 Å². The molecule has 0 saturated carbocycles. The van der Waals surface area contributed by atoms with Gasteiger partial charge >= 0.3 is 0 Å². The molecule has 1 amide bonds. The van der Waals surface area contributed by atoms with Crippen LogP contribution in [0.25, 0.3) is 6.08 Å². The highest BCUT2D eigenvalue weighted by Crippen LogP contribution is 2.15. The number of hydrogen-bond acceptors (Lipinski definition) is 2. The number of methoxy groups -OCH3 is 1.